The number of carbonyl (C=O) groups is 2. The molecule has 0 spiro atoms. The van der Waals surface area contributed by atoms with E-state index in [1.807, 2.05) is 12.1 Å². The van der Waals surface area contributed by atoms with E-state index in [0.717, 1.165) is 17.7 Å². The molecule has 0 aliphatic carbocycles. The Bertz CT molecular complexity index is 836. The van der Waals surface area contributed by atoms with Crippen LogP contribution in [-0.2, 0) is 5.41 Å². The quantitative estimate of drug-likeness (QED) is 0.648. The van der Waals surface area contributed by atoms with Gasteiger partial charge in [-0.3, -0.25) is 14.9 Å². The van der Waals surface area contributed by atoms with Crippen molar-refractivity contribution in [3.8, 4) is 0 Å². The lowest BCUT2D eigenvalue weighted by atomic mass is 9.86. The normalized spacial score (nSPS) is 11.0. The van der Waals surface area contributed by atoms with E-state index in [4.69, 9.17) is 0 Å². The molecule has 2 aromatic carbocycles. The molecule has 0 saturated heterocycles. The van der Waals surface area contributed by atoms with Crippen molar-refractivity contribution in [2.45, 2.75) is 26.2 Å². The Hall–Kier alpha value is -3.22. The summed E-state index contributed by atoms with van der Waals surface area (Å²) in [5.74, 6) is -1.85. The molecule has 130 valence electrons. The molecule has 0 aliphatic rings. The fourth-order valence-corrected chi connectivity index (χ4v) is 2.25. The molecule has 0 heterocycles. The summed E-state index contributed by atoms with van der Waals surface area (Å²) in [6.45, 7) is 6.16. The van der Waals surface area contributed by atoms with E-state index in [-0.39, 0.29) is 22.4 Å². The zero-order valence-corrected chi connectivity index (χ0v) is 14.1. The van der Waals surface area contributed by atoms with Crippen molar-refractivity contribution >= 4 is 23.3 Å². The molecule has 0 fully saturated rings. The van der Waals surface area contributed by atoms with Crippen LogP contribution >= 0.6 is 0 Å². The predicted octanol–water partition coefficient (Wildman–Crippen LogP) is 3.84. The Labute approximate surface area is 144 Å². The highest BCUT2D eigenvalue weighted by Gasteiger charge is 2.19. The van der Waals surface area contributed by atoms with Crippen molar-refractivity contribution in [2.75, 3.05) is 5.32 Å². The number of aromatic carboxylic acids is 1. The third-order valence-corrected chi connectivity index (χ3v) is 3.71. The maximum Gasteiger partial charge on any atom is 0.338 e. The molecule has 7 heteroatoms. The van der Waals surface area contributed by atoms with Crippen LogP contribution in [0.1, 0.15) is 47.1 Å². The number of nitro benzene ring substituents is 1. The highest BCUT2D eigenvalue weighted by atomic mass is 16.6. The smallest absolute Gasteiger partial charge is 0.338 e. The summed E-state index contributed by atoms with van der Waals surface area (Å²) in [4.78, 5) is 33.7. The molecule has 0 aromatic heterocycles. The Morgan fingerprint density at radius 1 is 1.08 bits per heavy atom. The number of rotatable bonds is 4. The van der Waals surface area contributed by atoms with Gasteiger partial charge in [0.05, 0.1) is 16.2 Å². The first-order valence-electron chi connectivity index (χ1n) is 7.53. The molecule has 0 saturated carbocycles. The molecule has 1 amide bonds. The zero-order chi connectivity index (χ0) is 18.8. The first-order valence-corrected chi connectivity index (χ1v) is 7.53. The molecule has 0 bridgehead atoms. The van der Waals surface area contributed by atoms with Crippen molar-refractivity contribution in [1.29, 1.82) is 0 Å². The summed E-state index contributed by atoms with van der Waals surface area (Å²) < 4.78 is 0. The summed E-state index contributed by atoms with van der Waals surface area (Å²) in [5.41, 5.74) is 0.680. The molecule has 25 heavy (non-hydrogen) atoms. The van der Waals surface area contributed by atoms with Crippen LogP contribution in [0.25, 0.3) is 0 Å². The van der Waals surface area contributed by atoms with Crippen LogP contribution in [0, 0.1) is 10.1 Å². The SMILES string of the molecule is CC(C)(C)c1ccc(C(=O)Nc2ccc([N+](=O)[O-])cc2C(=O)O)cc1. The molecule has 2 aromatic rings. The van der Waals surface area contributed by atoms with Crippen LogP contribution in [-0.4, -0.2) is 21.9 Å². The lowest BCUT2D eigenvalue weighted by molar-refractivity contribution is -0.384. The molecule has 0 radical (unpaired) electrons. The van der Waals surface area contributed by atoms with Crippen LogP contribution in [0.5, 0.6) is 0 Å². The number of non-ortho nitro benzene ring substituents is 1. The second-order valence-corrected chi connectivity index (χ2v) is 6.57. The van der Waals surface area contributed by atoms with Gasteiger partial charge in [-0.25, -0.2) is 4.79 Å². The van der Waals surface area contributed by atoms with Crippen LogP contribution in [0.3, 0.4) is 0 Å². The number of carboxylic acids is 1. The molecule has 2 rings (SSSR count). The molecule has 0 unspecified atom stereocenters. The van der Waals surface area contributed by atoms with Gasteiger partial charge in [-0.1, -0.05) is 32.9 Å². The van der Waals surface area contributed by atoms with E-state index < -0.39 is 16.8 Å². The van der Waals surface area contributed by atoms with Gasteiger partial charge in [-0.05, 0) is 29.2 Å². The van der Waals surface area contributed by atoms with E-state index in [9.17, 15) is 24.8 Å². The Kier molecular flexibility index (Phi) is 4.87. The van der Waals surface area contributed by atoms with Gasteiger partial charge in [0.15, 0.2) is 0 Å². The maximum absolute atomic E-state index is 12.3. The van der Waals surface area contributed by atoms with E-state index >= 15 is 0 Å². The van der Waals surface area contributed by atoms with Gasteiger partial charge in [0.2, 0.25) is 0 Å². The first-order chi connectivity index (χ1) is 11.6. The summed E-state index contributed by atoms with van der Waals surface area (Å²) in [5, 5.41) is 22.5. The van der Waals surface area contributed by atoms with E-state index in [1.165, 1.54) is 6.07 Å². The Morgan fingerprint density at radius 3 is 2.16 bits per heavy atom. The molecular formula is C18H18N2O5. The Balaban J connectivity index is 2.28. The van der Waals surface area contributed by atoms with Gasteiger partial charge < -0.3 is 10.4 Å². The number of amides is 1. The highest BCUT2D eigenvalue weighted by Crippen LogP contribution is 2.24. The third-order valence-electron chi connectivity index (χ3n) is 3.71. The number of hydrogen-bond acceptors (Lipinski definition) is 4. The summed E-state index contributed by atoms with van der Waals surface area (Å²) in [7, 11) is 0. The van der Waals surface area contributed by atoms with E-state index in [2.05, 4.69) is 26.1 Å². The summed E-state index contributed by atoms with van der Waals surface area (Å²) in [6, 6.07) is 10.3. The van der Waals surface area contributed by atoms with Gasteiger partial charge in [0, 0.05) is 17.7 Å². The topological polar surface area (TPSA) is 110 Å². The predicted molar refractivity (Wildman–Crippen MR) is 93.2 cm³/mol. The first kappa shape index (κ1) is 18.1. The highest BCUT2D eigenvalue weighted by molar-refractivity contribution is 6.08. The minimum atomic E-state index is -1.36. The number of carboxylic acid groups (broad SMARTS) is 1. The summed E-state index contributed by atoms with van der Waals surface area (Å²) >= 11 is 0. The van der Waals surface area contributed by atoms with Gasteiger partial charge >= 0.3 is 5.97 Å². The fraction of sp³-hybridized carbons (Fsp3) is 0.222. The van der Waals surface area contributed by atoms with Crippen LogP contribution in [0.4, 0.5) is 11.4 Å². The van der Waals surface area contributed by atoms with Crippen molar-refractivity contribution in [3.05, 3.63) is 69.3 Å². The second kappa shape index (κ2) is 6.72. The number of carbonyl (C=O) groups excluding carboxylic acids is 1. The van der Waals surface area contributed by atoms with Crippen LogP contribution in [0.15, 0.2) is 42.5 Å². The van der Waals surface area contributed by atoms with E-state index in [1.54, 1.807) is 12.1 Å². The molecule has 7 nitrogen and oxygen atoms in total. The summed E-state index contributed by atoms with van der Waals surface area (Å²) in [6.07, 6.45) is 0. The van der Waals surface area contributed by atoms with Gasteiger partial charge in [0.1, 0.15) is 0 Å². The molecule has 0 atom stereocenters. The lowest BCUT2D eigenvalue weighted by Gasteiger charge is -2.19. The van der Waals surface area contributed by atoms with Crippen molar-refractivity contribution < 1.29 is 19.6 Å². The average molecular weight is 342 g/mol. The number of hydrogen-bond donors (Lipinski definition) is 2. The third kappa shape index (κ3) is 4.20. The molecule has 2 N–H and O–H groups in total. The standard InChI is InChI=1S/C18H18N2O5/c1-18(2,3)12-6-4-11(5-7-12)16(21)19-15-9-8-13(20(24)25)10-14(15)17(22)23/h4-10H,1-3H3,(H,19,21)(H,22,23). The largest absolute Gasteiger partial charge is 0.478 e. The van der Waals surface area contributed by atoms with Gasteiger partial charge in [-0.2, -0.15) is 0 Å². The van der Waals surface area contributed by atoms with Gasteiger partial charge in [-0.15, -0.1) is 0 Å². The minimum Gasteiger partial charge on any atom is -0.478 e. The maximum atomic E-state index is 12.3. The number of nitro groups is 1. The second-order valence-electron chi connectivity index (χ2n) is 6.57. The minimum absolute atomic E-state index is 0.00278. The fourth-order valence-electron chi connectivity index (χ4n) is 2.25. The number of nitrogens with one attached hydrogen (secondary N) is 1. The van der Waals surface area contributed by atoms with Crippen molar-refractivity contribution in [1.82, 2.24) is 0 Å². The number of nitrogens with zero attached hydrogens (tertiary/aromatic N) is 1. The monoisotopic (exact) mass is 342 g/mol. The van der Waals surface area contributed by atoms with Crippen LogP contribution in [0.2, 0.25) is 0 Å². The molecular weight excluding hydrogens is 324 g/mol. The average Bonchev–Trinajstić information content (AvgIpc) is 2.54. The van der Waals surface area contributed by atoms with Crippen LogP contribution < -0.4 is 5.32 Å². The van der Waals surface area contributed by atoms with Crippen molar-refractivity contribution in [2.24, 2.45) is 0 Å². The number of anilines is 1. The zero-order valence-electron chi connectivity index (χ0n) is 14.1. The van der Waals surface area contributed by atoms with Crippen molar-refractivity contribution in [3.63, 3.8) is 0 Å². The van der Waals surface area contributed by atoms with E-state index in [0.29, 0.717) is 5.56 Å². The Morgan fingerprint density at radius 2 is 1.68 bits per heavy atom. The number of benzene rings is 2. The lowest BCUT2D eigenvalue weighted by Crippen LogP contribution is -2.16. The molecule has 0 aliphatic heterocycles. The van der Waals surface area contributed by atoms with Gasteiger partial charge in [0.25, 0.3) is 11.6 Å².